The van der Waals surface area contributed by atoms with Crippen LogP contribution in [-0.2, 0) is 6.42 Å². The molecule has 0 saturated carbocycles. The molecule has 7 nitrogen and oxygen atoms in total. The number of furan rings is 1. The smallest absolute Gasteiger partial charge is 0.293 e. The fraction of sp³-hybridized carbons (Fsp3) is 0.211. The minimum Gasteiger partial charge on any atom is -0.497 e. The molecule has 0 atom stereocenters. The van der Waals surface area contributed by atoms with E-state index >= 15 is 0 Å². The van der Waals surface area contributed by atoms with Gasteiger partial charge in [-0.15, -0.1) is 0 Å². The number of benzene rings is 1. The SMILES string of the molecule is COc1ccc(OC)c(Cc2ccc(C(=O)Nc3nccc(C)n3)o2)c1. The number of ether oxygens (including phenoxy) is 2. The second kappa shape index (κ2) is 7.69. The number of rotatable bonds is 6. The molecule has 26 heavy (non-hydrogen) atoms. The van der Waals surface area contributed by atoms with E-state index in [1.54, 1.807) is 38.6 Å². The predicted molar refractivity (Wildman–Crippen MR) is 95.8 cm³/mol. The molecule has 134 valence electrons. The van der Waals surface area contributed by atoms with Crippen LogP contribution in [0, 0.1) is 6.92 Å². The molecule has 0 bridgehead atoms. The first kappa shape index (κ1) is 17.5. The molecule has 0 spiro atoms. The molecule has 7 heteroatoms. The summed E-state index contributed by atoms with van der Waals surface area (Å²) in [4.78, 5) is 20.4. The van der Waals surface area contributed by atoms with Gasteiger partial charge in [0.15, 0.2) is 5.76 Å². The van der Waals surface area contributed by atoms with Crippen molar-refractivity contribution >= 4 is 11.9 Å². The van der Waals surface area contributed by atoms with Gasteiger partial charge in [-0.2, -0.15) is 0 Å². The number of aromatic nitrogens is 2. The van der Waals surface area contributed by atoms with Gasteiger partial charge in [-0.05, 0) is 43.3 Å². The second-order valence-corrected chi connectivity index (χ2v) is 5.60. The van der Waals surface area contributed by atoms with E-state index < -0.39 is 5.91 Å². The molecule has 3 aromatic rings. The summed E-state index contributed by atoms with van der Waals surface area (Å²) in [7, 11) is 3.21. The Hall–Kier alpha value is -3.35. The molecular weight excluding hydrogens is 334 g/mol. The highest BCUT2D eigenvalue weighted by Crippen LogP contribution is 2.27. The van der Waals surface area contributed by atoms with Crippen molar-refractivity contribution in [2.24, 2.45) is 0 Å². The Balaban J connectivity index is 1.75. The quantitative estimate of drug-likeness (QED) is 0.732. The summed E-state index contributed by atoms with van der Waals surface area (Å²) in [5.41, 5.74) is 1.66. The number of carbonyl (C=O) groups is 1. The summed E-state index contributed by atoms with van der Waals surface area (Å²) in [6.45, 7) is 1.82. The van der Waals surface area contributed by atoms with Gasteiger partial charge in [-0.1, -0.05) is 0 Å². The summed E-state index contributed by atoms with van der Waals surface area (Å²) < 4.78 is 16.3. The highest BCUT2D eigenvalue weighted by Gasteiger charge is 2.14. The number of hydrogen-bond acceptors (Lipinski definition) is 6. The molecule has 0 unspecified atom stereocenters. The zero-order chi connectivity index (χ0) is 18.5. The molecule has 0 saturated heterocycles. The number of amides is 1. The molecular formula is C19H19N3O4. The second-order valence-electron chi connectivity index (χ2n) is 5.60. The Morgan fingerprint density at radius 2 is 2.00 bits per heavy atom. The van der Waals surface area contributed by atoms with Crippen molar-refractivity contribution in [3.63, 3.8) is 0 Å². The van der Waals surface area contributed by atoms with Crippen molar-refractivity contribution in [1.29, 1.82) is 0 Å². The Morgan fingerprint density at radius 1 is 1.15 bits per heavy atom. The van der Waals surface area contributed by atoms with Crippen molar-refractivity contribution in [3.05, 3.63) is 65.4 Å². The van der Waals surface area contributed by atoms with Crippen molar-refractivity contribution in [1.82, 2.24) is 9.97 Å². The maximum atomic E-state index is 12.3. The molecule has 0 aliphatic rings. The van der Waals surface area contributed by atoms with Gasteiger partial charge in [-0.3, -0.25) is 10.1 Å². The Bertz CT molecular complexity index is 921. The van der Waals surface area contributed by atoms with E-state index in [2.05, 4.69) is 15.3 Å². The summed E-state index contributed by atoms with van der Waals surface area (Å²) in [5, 5.41) is 2.62. The van der Waals surface area contributed by atoms with Crippen molar-refractivity contribution < 1.29 is 18.7 Å². The lowest BCUT2D eigenvalue weighted by atomic mass is 10.1. The van der Waals surface area contributed by atoms with E-state index in [9.17, 15) is 4.79 Å². The standard InChI is InChI=1S/C19H19N3O4/c1-12-8-9-20-19(21-12)22-18(23)17-7-5-15(26-17)11-13-10-14(24-2)4-6-16(13)25-3/h4-10H,11H2,1-3H3,(H,20,21,22,23). The van der Waals surface area contributed by atoms with Crippen LogP contribution in [0.4, 0.5) is 5.95 Å². The monoisotopic (exact) mass is 353 g/mol. The van der Waals surface area contributed by atoms with Gasteiger partial charge < -0.3 is 13.9 Å². The van der Waals surface area contributed by atoms with E-state index in [0.29, 0.717) is 12.2 Å². The third-order valence-electron chi connectivity index (χ3n) is 3.76. The predicted octanol–water partition coefficient (Wildman–Crippen LogP) is 3.24. The molecule has 1 aromatic carbocycles. The molecule has 2 heterocycles. The highest BCUT2D eigenvalue weighted by atomic mass is 16.5. The van der Waals surface area contributed by atoms with E-state index in [0.717, 1.165) is 22.8 Å². The third-order valence-corrected chi connectivity index (χ3v) is 3.76. The van der Waals surface area contributed by atoms with Gasteiger partial charge in [0, 0.05) is 23.9 Å². The highest BCUT2D eigenvalue weighted by molar-refractivity contribution is 6.01. The van der Waals surface area contributed by atoms with Crippen LogP contribution >= 0.6 is 0 Å². The molecule has 3 rings (SSSR count). The van der Waals surface area contributed by atoms with E-state index in [1.807, 2.05) is 25.1 Å². The van der Waals surface area contributed by atoms with Crippen molar-refractivity contribution in [3.8, 4) is 11.5 Å². The average Bonchev–Trinajstić information content (AvgIpc) is 3.10. The number of anilines is 1. The van der Waals surface area contributed by atoms with Crippen LogP contribution in [0.3, 0.4) is 0 Å². The Morgan fingerprint density at radius 3 is 2.73 bits per heavy atom. The minimum atomic E-state index is -0.403. The van der Waals surface area contributed by atoms with Crippen LogP contribution in [0.5, 0.6) is 11.5 Å². The molecule has 0 radical (unpaired) electrons. The van der Waals surface area contributed by atoms with Crippen LogP contribution in [0.15, 0.2) is 47.0 Å². The normalized spacial score (nSPS) is 10.4. The first-order valence-electron chi connectivity index (χ1n) is 7.99. The first-order chi connectivity index (χ1) is 12.6. The van der Waals surface area contributed by atoms with E-state index in [-0.39, 0.29) is 11.7 Å². The van der Waals surface area contributed by atoms with Gasteiger partial charge in [0.25, 0.3) is 5.91 Å². The number of nitrogens with zero attached hydrogens (tertiary/aromatic N) is 2. The average molecular weight is 353 g/mol. The minimum absolute atomic E-state index is 0.187. The van der Waals surface area contributed by atoms with Gasteiger partial charge in [0.2, 0.25) is 5.95 Å². The van der Waals surface area contributed by atoms with Crippen LogP contribution in [-0.4, -0.2) is 30.1 Å². The Labute approximate surface area is 151 Å². The van der Waals surface area contributed by atoms with Crippen LogP contribution < -0.4 is 14.8 Å². The molecule has 1 N–H and O–H groups in total. The van der Waals surface area contributed by atoms with E-state index in [1.165, 1.54) is 0 Å². The third kappa shape index (κ3) is 4.00. The van der Waals surface area contributed by atoms with Gasteiger partial charge in [0.05, 0.1) is 14.2 Å². The van der Waals surface area contributed by atoms with Gasteiger partial charge in [-0.25, -0.2) is 9.97 Å². The summed E-state index contributed by atoms with van der Waals surface area (Å²) in [6.07, 6.45) is 2.05. The van der Waals surface area contributed by atoms with Crippen LogP contribution in [0.2, 0.25) is 0 Å². The Kier molecular flexibility index (Phi) is 5.17. The van der Waals surface area contributed by atoms with Gasteiger partial charge in [0.1, 0.15) is 17.3 Å². The van der Waals surface area contributed by atoms with Crippen molar-refractivity contribution in [2.75, 3.05) is 19.5 Å². The van der Waals surface area contributed by atoms with Crippen LogP contribution in [0.1, 0.15) is 27.6 Å². The summed E-state index contributed by atoms with van der Waals surface area (Å²) >= 11 is 0. The number of hydrogen-bond donors (Lipinski definition) is 1. The zero-order valence-corrected chi connectivity index (χ0v) is 14.8. The molecule has 0 fully saturated rings. The van der Waals surface area contributed by atoms with E-state index in [4.69, 9.17) is 13.9 Å². The molecule has 0 aliphatic heterocycles. The lowest BCUT2D eigenvalue weighted by Gasteiger charge is -2.09. The van der Waals surface area contributed by atoms with Crippen LogP contribution in [0.25, 0.3) is 0 Å². The number of carbonyl (C=O) groups excluding carboxylic acids is 1. The fourth-order valence-electron chi connectivity index (χ4n) is 2.48. The lowest BCUT2D eigenvalue weighted by Crippen LogP contribution is -2.13. The van der Waals surface area contributed by atoms with Gasteiger partial charge >= 0.3 is 0 Å². The number of aryl methyl sites for hydroxylation is 1. The summed E-state index contributed by atoms with van der Waals surface area (Å²) in [5.74, 6) is 2.10. The number of methoxy groups -OCH3 is 2. The fourth-order valence-corrected chi connectivity index (χ4v) is 2.48. The zero-order valence-electron chi connectivity index (χ0n) is 14.8. The maximum Gasteiger partial charge on any atom is 0.293 e. The largest absolute Gasteiger partial charge is 0.497 e. The maximum absolute atomic E-state index is 12.3. The number of nitrogens with one attached hydrogen (secondary N) is 1. The lowest BCUT2D eigenvalue weighted by molar-refractivity contribution is 0.0994. The molecule has 1 amide bonds. The molecule has 0 aliphatic carbocycles. The first-order valence-corrected chi connectivity index (χ1v) is 7.99. The molecule has 2 aromatic heterocycles. The topological polar surface area (TPSA) is 86.5 Å². The summed E-state index contributed by atoms with van der Waals surface area (Å²) in [6, 6.07) is 10.7. The van der Waals surface area contributed by atoms with Crippen molar-refractivity contribution in [2.45, 2.75) is 13.3 Å².